The number of rotatable bonds is 4. The zero-order chi connectivity index (χ0) is 13.9. The Morgan fingerprint density at radius 2 is 2.05 bits per heavy atom. The third-order valence-electron chi connectivity index (χ3n) is 3.34. The van der Waals surface area contributed by atoms with Gasteiger partial charge in [0.05, 0.1) is 16.3 Å². The maximum Gasteiger partial charge on any atom is 0.166 e. The summed E-state index contributed by atoms with van der Waals surface area (Å²) in [6.07, 6.45) is -0.238. The van der Waals surface area contributed by atoms with Crippen molar-refractivity contribution in [1.82, 2.24) is 14.2 Å². The molecular formula is C14H19N3OS2. The molecule has 1 aromatic heterocycles. The van der Waals surface area contributed by atoms with E-state index in [-0.39, 0.29) is 6.10 Å². The summed E-state index contributed by atoms with van der Waals surface area (Å²) in [5, 5.41) is 9.42. The summed E-state index contributed by atoms with van der Waals surface area (Å²) in [6, 6.07) is 8.28. The van der Waals surface area contributed by atoms with Crippen molar-refractivity contribution in [2.24, 2.45) is 0 Å². The summed E-state index contributed by atoms with van der Waals surface area (Å²) >= 11 is 3.52. The minimum Gasteiger partial charge on any atom is -0.392 e. The lowest BCUT2D eigenvalue weighted by Gasteiger charge is -2.33. The number of benzene rings is 1. The highest BCUT2D eigenvalue weighted by Gasteiger charge is 2.19. The second-order valence-electron chi connectivity index (χ2n) is 5.12. The number of aliphatic hydroxyl groups is 1. The van der Waals surface area contributed by atoms with E-state index in [1.807, 2.05) is 13.0 Å². The van der Waals surface area contributed by atoms with Crippen LogP contribution in [0.5, 0.6) is 0 Å². The van der Waals surface area contributed by atoms with Crippen LogP contribution in [0, 0.1) is 0 Å². The maximum absolute atomic E-state index is 9.42. The summed E-state index contributed by atoms with van der Waals surface area (Å²) in [4.78, 5) is 6.98. The zero-order valence-electron chi connectivity index (χ0n) is 11.5. The van der Waals surface area contributed by atoms with Crippen LogP contribution in [0.15, 0.2) is 28.6 Å². The molecule has 4 nitrogen and oxygen atoms in total. The Morgan fingerprint density at radius 1 is 1.30 bits per heavy atom. The van der Waals surface area contributed by atoms with Crippen LogP contribution in [0.3, 0.4) is 0 Å². The highest BCUT2D eigenvalue weighted by Crippen LogP contribution is 2.31. The van der Waals surface area contributed by atoms with Gasteiger partial charge in [0.15, 0.2) is 4.34 Å². The van der Waals surface area contributed by atoms with Gasteiger partial charge in [0.1, 0.15) is 0 Å². The largest absolute Gasteiger partial charge is 0.392 e. The fourth-order valence-corrected chi connectivity index (χ4v) is 4.52. The lowest BCUT2D eigenvalue weighted by molar-refractivity contribution is 0.105. The maximum atomic E-state index is 9.42. The van der Waals surface area contributed by atoms with Gasteiger partial charge in [-0.1, -0.05) is 12.1 Å². The summed E-state index contributed by atoms with van der Waals surface area (Å²) in [7, 11) is 0. The van der Waals surface area contributed by atoms with Gasteiger partial charge in [-0.05, 0) is 31.0 Å². The first kappa shape index (κ1) is 14.3. The Morgan fingerprint density at radius 3 is 2.75 bits per heavy atom. The SMILES string of the molecule is C[C@H](O)CN1CCN(Sc2nc3ccccc3s2)CC1. The fraction of sp³-hybridized carbons (Fsp3) is 0.500. The van der Waals surface area contributed by atoms with Gasteiger partial charge < -0.3 is 5.11 Å². The van der Waals surface area contributed by atoms with Crippen molar-refractivity contribution < 1.29 is 5.11 Å². The standard InChI is InChI=1S/C14H19N3OS2/c1-11(18)10-16-6-8-17(9-7-16)20-14-15-12-4-2-3-5-13(12)19-14/h2-5,11,18H,6-10H2,1H3/t11-/m0/s1. The summed E-state index contributed by atoms with van der Waals surface area (Å²) in [6.45, 7) is 6.70. The smallest absolute Gasteiger partial charge is 0.166 e. The van der Waals surface area contributed by atoms with Crippen molar-refractivity contribution in [3.05, 3.63) is 24.3 Å². The van der Waals surface area contributed by atoms with Crippen LogP contribution < -0.4 is 0 Å². The molecule has 2 heterocycles. The highest BCUT2D eigenvalue weighted by atomic mass is 32.2. The van der Waals surface area contributed by atoms with E-state index in [2.05, 4.69) is 32.4 Å². The fourth-order valence-electron chi connectivity index (χ4n) is 2.38. The van der Waals surface area contributed by atoms with E-state index in [0.29, 0.717) is 0 Å². The van der Waals surface area contributed by atoms with E-state index in [0.717, 1.165) is 42.6 Å². The Balaban J connectivity index is 1.56. The lowest BCUT2D eigenvalue weighted by atomic mass is 10.3. The Labute approximate surface area is 127 Å². The molecule has 0 unspecified atom stereocenters. The van der Waals surface area contributed by atoms with E-state index in [1.165, 1.54) is 4.70 Å². The molecule has 0 radical (unpaired) electrons. The van der Waals surface area contributed by atoms with E-state index >= 15 is 0 Å². The number of β-amino-alcohol motifs (C(OH)–C–C–N with tert-alkyl or cyclic N) is 1. The molecule has 1 fully saturated rings. The first-order chi connectivity index (χ1) is 9.70. The molecule has 2 aromatic rings. The molecule has 1 aromatic carbocycles. The summed E-state index contributed by atoms with van der Waals surface area (Å²) in [5.74, 6) is 0. The normalized spacial score (nSPS) is 19.5. The third-order valence-corrected chi connectivity index (χ3v) is 5.51. The average molecular weight is 309 g/mol. The quantitative estimate of drug-likeness (QED) is 0.878. The van der Waals surface area contributed by atoms with Crippen LogP contribution in [0.4, 0.5) is 0 Å². The molecule has 1 saturated heterocycles. The van der Waals surface area contributed by atoms with Crippen molar-refractivity contribution in [2.45, 2.75) is 17.4 Å². The second-order valence-corrected chi connectivity index (χ2v) is 7.49. The number of piperazine rings is 1. The molecular weight excluding hydrogens is 290 g/mol. The van der Waals surface area contributed by atoms with Gasteiger partial charge in [0.25, 0.3) is 0 Å². The molecule has 1 aliphatic rings. The zero-order valence-corrected chi connectivity index (χ0v) is 13.2. The number of aliphatic hydroxyl groups excluding tert-OH is 1. The van der Waals surface area contributed by atoms with Crippen molar-refractivity contribution in [3.63, 3.8) is 0 Å². The molecule has 1 N–H and O–H groups in total. The molecule has 1 aliphatic heterocycles. The van der Waals surface area contributed by atoms with Gasteiger partial charge >= 0.3 is 0 Å². The van der Waals surface area contributed by atoms with Gasteiger partial charge in [-0.2, -0.15) is 0 Å². The molecule has 3 rings (SSSR count). The van der Waals surface area contributed by atoms with E-state index in [1.54, 1.807) is 23.3 Å². The number of aromatic nitrogens is 1. The van der Waals surface area contributed by atoms with E-state index in [4.69, 9.17) is 0 Å². The van der Waals surface area contributed by atoms with Crippen LogP contribution in [0.25, 0.3) is 10.2 Å². The molecule has 6 heteroatoms. The molecule has 0 amide bonds. The third kappa shape index (κ3) is 3.51. The Kier molecular flexibility index (Phi) is 4.58. The lowest BCUT2D eigenvalue weighted by Crippen LogP contribution is -2.45. The summed E-state index contributed by atoms with van der Waals surface area (Å²) < 4.78 is 4.74. The van der Waals surface area contributed by atoms with Gasteiger partial charge in [-0.15, -0.1) is 11.3 Å². The highest BCUT2D eigenvalue weighted by molar-refractivity contribution is 7.98. The minimum atomic E-state index is -0.238. The first-order valence-electron chi connectivity index (χ1n) is 6.89. The van der Waals surface area contributed by atoms with Gasteiger partial charge in [-0.3, -0.25) is 4.90 Å². The Bertz CT molecular complexity index is 531. The molecule has 1 atom stereocenters. The molecule has 0 aliphatic carbocycles. The molecule has 0 spiro atoms. The molecule has 0 saturated carbocycles. The Hall–Kier alpha value is -0.660. The molecule has 0 bridgehead atoms. The van der Waals surface area contributed by atoms with Gasteiger partial charge in [-0.25, -0.2) is 9.29 Å². The average Bonchev–Trinajstić information content (AvgIpc) is 2.82. The predicted octanol–water partition coefficient (Wildman–Crippen LogP) is 2.30. The predicted molar refractivity (Wildman–Crippen MR) is 85.2 cm³/mol. The number of fused-ring (bicyclic) bond motifs is 1. The topological polar surface area (TPSA) is 39.6 Å². The van der Waals surface area contributed by atoms with E-state index < -0.39 is 0 Å². The van der Waals surface area contributed by atoms with Gasteiger partial charge in [0.2, 0.25) is 0 Å². The van der Waals surface area contributed by atoms with Crippen LogP contribution in [-0.2, 0) is 0 Å². The van der Waals surface area contributed by atoms with Crippen molar-refractivity contribution in [2.75, 3.05) is 32.7 Å². The number of nitrogens with zero attached hydrogens (tertiary/aromatic N) is 3. The second kappa shape index (κ2) is 6.41. The number of hydrogen-bond acceptors (Lipinski definition) is 6. The van der Waals surface area contributed by atoms with Crippen LogP contribution in [-0.4, -0.2) is 58.1 Å². The van der Waals surface area contributed by atoms with Crippen LogP contribution in [0.2, 0.25) is 0 Å². The minimum absolute atomic E-state index is 0.238. The van der Waals surface area contributed by atoms with Crippen molar-refractivity contribution in [3.8, 4) is 0 Å². The first-order valence-corrected chi connectivity index (χ1v) is 8.48. The van der Waals surface area contributed by atoms with Crippen molar-refractivity contribution in [1.29, 1.82) is 0 Å². The van der Waals surface area contributed by atoms with Gasteiger partial charge in [0, 0.05) is 32.7 Å². The summed E-state index contributed by atoms with van der Waals surface area (Å²) in [5.41, 5.74) is 1.09. The molecule has 108 valence electrons. The van der Waals surface area contributed by atoms with E-state index in [9.17, 15) is 5.11 Å². The molecule has 20 heavy (non-hydrogen) atoms. The number of hydrogen-bond donors (Lipinski definition) is 1. The number of para-hydroxylation sites is 1. The van der Waals surface area contributed by atoms with Crippen LogP contribution >= 0.6 is 23.3 Å². The monoisotopic (exact) mass is 309 g/mol. The van der Waals surface area contributed by atoms with Crippen molar-refractivity contribution >= 4 is 33.5 Å². The number of thiazole rings is 1. The van der Waals surface area contributed by atoms with Crippen LogP contribution in [0.1, 0.15) is 6.92 Å².